The van der Waals surface area contributed by atoms with Crippen LogP contribution in [0.2, 0.25) is 0 Å². The minimum Gasteiger partial charge on any atom is -0.349 e. The average molecular weight is 306 g/mol. The van der Waals surface area contributed by atoms with Gasteiger partial charge in [-0.15, -0.1) is 11.3 Å². The summed E-state index contributed by atoms with van der Waals surface area (Å²) in [6.45, 7) is 6.77. The van der Waals surface area contributed by atoms with E-state index in [2.05, 4.69) is 41.6 Å². The highest BCUT2D eigenvalue weighted by atomic mass is 32.1. The van der Waals surface area contributed by atoms with Gasteiger partial charge in [0.05, 0.1) is 5.69 Å². The Morgan fingerprint density at radius 2 is 2.24 bits per heavy atom. The summed E-state index contributed by atoms with van der Waals surface area (Å²) in [6.07, 6.45) is 7.78. The van der Waals surface area contributed by atoms with E-state index in [0.29, 0.717) is 12.1 Å². The van der Waals surface area contributed by atoms with Gasteiger partial charge in [-0.1, -0.05) is 13.8 Å². The maximum Gasteiger partial charge on any atom is 0.195 e. The molecule has 0 aliphatic carbocycles. The van der Waals surface area contributed by atoms with E-state index in [9.17, 15) is 0 Å². The third kappa shape index (κ3) is 2.57. The van der Waals surface area contributed by atoms with E-state index in [4.69, 9.17) is 10.7 Å². The molecular weight excluding hydrogens is 280 g/mol. The van der Waals surface area contributed by atoms with Crippen LogP contribution in [0.5, 0.6) is 0 Å². The maximum atomic E-state index is 6.24. The number of imidazole rings is 1. The largest absolute Gasteiger partial charge is 0.349 e. The maximum absolute atomic E-state index is 6.24. The molecule has 3 atom stereocenters. The predicted molar refractivity (Wildman–Crippen MR) is 90.3 cm³/mol. The lowest BCUT2D eigenvalue weighted by Crippen LogP contribution is -2.36. The molecule has 0 spiro atoms. The fourth-order valence-corrected chi connectivity index (χ4v) is 4.19. The number of hydrogen-bond acceptors (Lipinski definition) is 4. The molecule has 2 N–H and O–H groups in total. The summed E-state index contributed by atoms with van der Waals surface area (Å²) in [5.41, 5.74) is 7.54. The first-order valence-electron chi connectivity index (χ1n) is 8.14. The van der Waals surface area contributed by atoms with Gasteiger partial charge in [0.1, 0.15) is 0 Å². The quantitative estimate of drug-likeness (QED) is 0.920. The van der Waals surface area contributed by atoms with Crippen LogP contribution in [-0.2, 0) is 6.42 Å². The lowest BCUT2D eigenvalue weighted by molar-refractivity contribution is 0.604. The fourth-order valence-electron chi connectivity index (χ4n) is 3.46. The number of nitrogens with two attached hydrogens (primary N) is 1. The molecule has 0 aromatic carbocycles. The zero-order valence-electron chi connectivity index (χ0n) is 13.2. The summed E-state index contributed by atoms with van der Waals surface area (Å²) in [6, 6.07) is 1.42. The summed E-state index contributed by atoms with van der Waals surface area (Å²) in [5, 5.41) is 2.11. The van der Waals surface area contributed by atoms with Crippen molar-refractivity contribution in [2.75, 3.05) is 4.90 Å². The molecule has 0 saturated carbocycles. The van der Waals surface area contributed by atoms with Gasteiger partial charge in [0.25, 0.3) is 0 Å². The molecule has 3 rings (SSSR count). The third-order valence-corrected chi connectivity index (χ3v) is 5.58. The van der Waals surface area contributed by atoms with Crippen molar-refractivity contribution in [2.24, 2.45) is 5.73 Å². The Morgan fingerprint density at radius 3 is 2.95 bits per heavy atom. The standard InChI is InChI=1S/C16H26N4S/c1-4-12(17)10-14-15(18-16-19(14)8-9-21-16)20-11(3)6-7-13(20)5-2/h8-9,11-13H,4-7,10,17H2,1-3H3. The minimum atomic E-state index is 0.210. The van der Waals surface area contributed by atoms with E-state index in [1.165, 1.54) is 30.8 Å². The molecular formula is C16H26N4S. The van der Waals surface area contributed by atoms with E-state index in [1.54, 1.807) is 11.3 Å². The second-order valence-electron chi connectivity index (χ2n) is 6.21. The smallest absolute Gasteiger partial charge is 0.195 e. The van der Waals surface area contributed by atoms with Crippen LogP contribution in [-0.4, -0.2) is 27.5 Å². The van der Waals surface area contributed by atoms with Crippen molar-refractivity contribution < 1.29 is 0 Å². The van der Waals surface area contributed by atoms with E-state index >= 15 is 0 Å². The molecule has 116 valence electrons. The number of anilines is 1. The van der Waals surface area contributed by atoms with E-state index in [-0.39, 0.29) is 6.04 Å². The van der Waals surface area contributed by atoms with Crippen LogP contribution < -0.4 is 10.6 Å². The van der Waals surface area contributed by atoms with Crippen molar-refractivity contribution in [3.05, 3.63) is 17.3 Å². The topological polar surface area (TPSA) is 46.6 Å². The van der Waals surface area contributed by atoms with E-state index in [0.717, 1.165) is 17.8 Å². The van der Waals surface area contributed by atoms with Crippen LogP contribution in [0.15, 0.2) is 11.6 Å². The van der Waals surface area contributed by atoms with Gasteiger partial charge in [-0.2, -0.15) is 0 Å². The van der Waals surface area contributed by atoms with Gasteiger partial charge in [0.2, 0.25) is 0 Å². The molecule has 3 unspecified atom stereocenters. The summed E-state index contributed by atoms with van der Waals surface area (Å²) in [4.78, 5) is 8.59. The van der Waals surface area contributed by atoms with E-state index < -0.39 is 0 Å². The minimum absolute atomic E-state index is 0.210. The number of rotatable bonds is 5. The van der Waals surface area contributed by atoms with E-state index in [1.807, 2.05) is 0 Å². The van der Waals surface area contributed by atoms with Gasteiger partial charge in [0, 0.05) is 36.1 Å². The van der Waals surface area contributed by atoms with Gasteiger partial charge >= 0.3 is 0 Å². The van der Waals surface area contributed by atoms with Crippen molar-refractivity contribution in [2.45, 2.75) is 71.0 Å². The molecule has 3 heterocycles. The lowest BCUT2D eigenvalue weighted by atomic mass is 10.1. The average Bonchev–Trinajstić information content (AvgIpc) is 3.14. The molecule has 21 heavy (non-hydrogen) atoms. The second kappa shape index (κ2) is 5.97. The first kappa shape index (κ1) is 14.9. The third-order valence-electron chi connectivity index (χ3n) is 4.82. The Balaban J connectivity index is 2.04. The molecule has 1 saturated heterocycles. The van der Waals surface area contributed by atoms with Gasteiger partial charge < -0.3 is 10.6 Å². The summed E-state index contributed by atoms with van der Waals surface area (Å²) in [5.74, 6) is 1.18. The highest BCUT2D eigenvalue weighted by Crippen LogP contribution is 2.35. The molecule has 0 radical (unpaired) electrons. The Bertz CT molecular complexity index is 602. The number of aromatic nitrogens is 2. The predicted octanol–water partition coefficient (Wildman–Crippen LogP) is 3.44. The number of fused-ring (bicyclic) bond motifs is 1. The number of hydrogen-bond donors (Lipinski definition) is 1. The zero-order chi connectivity index (χ0) is 15.0. The van der Waals surface area contributed by atoms with Gasteiger partial charge in [-0.25, -0.2) is 4.98 Å². The summed E-state index contributed by atoms with van der Waals surface area (Å²) >= 11 is 1.71. The molecule has 0 bridgehead atoms. The highest BCUT2D eigenvalue weighted by Gasteiger charge is 2.33. The molecule has 2 aromatic heterocycles. The lowest BCUT2D eigenvalue weighted by Gasteiger charge is -2.29. The fraction of sp³-hybridized carbons (Fsp3) is 0.688. The molecule has 2 aromatic rings. The molecule has 1 aliphatic rings. The van der Waals surface area contributed by atoms with Crippen LogP contribution in [0.25, 0.3) is 4.96 Å². The van der Waals surface area contributed by atoms with Crippen molar-refractivity contribution in [3.8, 4) is 0 Å². The van der Waals surface area contributed by atoms with Crippen LogP contribution in [0.1, 0.15) is 52.1 Å². The van der Waals surface area contributed by atoms with Gasteiger partial charge in [0.15, 0.2) is 10.8 Å². The second-order valence-corrected chi connectivity index (χ2v) is 7.08. The Labute approximate surface area is 131 Å². The Morgan fingerprint density at radius 1 is 1.43 bits per heavy atom. The zero-order valence-corrected chi connectivity index (χ0v) is 14.1. The number of nitrogens with zero attached hydrogens (tertiary/aromatic N) is 3. The Kier molecular flexibility index (Phi) is 4.22. The first-order valence-corrected chi connectivity index (χ1v) is 9.02. The Hall–Kier alpha value is -1.07. The molecule has 0 amide bonds. The van der Waals surface area contributed by atoms with Crippen LogP contribution >= 0.6 is 11.3 Å². The van der Waals surface area contributed by atoms with Crippen molar-refractivity contribution >= 4 is 22.1 Å². The normalized spacial score (nSPS) is 24.1. The van der Waals surface area contributed by atoms with Crippen molar-refractivity contribution in [1.29, 1.82) is 0 Å². The molecule has 1 aliphatic heterocycles. The molecule has 4 nitrogen and oxygen atoms in total. The van der Waals surface area contributed by atoms with Crippen LogP contribution in [0.4, 0.5) is 5.82 Å². The van der Waals surface area contributed by atoms with Gasteiger partial charge in [-0.05, 0) is 32.6 Å². The highest BCUT2D eigenvalue weighted by molar-refractivity contribution is 7.15. The first-order chi connectivity index (χ1) is 10.2. The van der Waals surface area contributed by atoms with Crippen LogP contribution in [0, 0.1) is 0 Å². The SMILES string of the molecule is CCC(N)Cc1c(N2C(C)CCC2CC)nc2sccn12. The molecule has 1 fully saturated rings. The van der Waals surface area contributed by atoms with Gasteiger partial charge in [-0.3, -0.25) is 4.40 Å². The monoisotopic (exact) mass is 306 g/mol. The van der Waals surface area contributed by atoms with Crippen LogP contribution in [0.3, 0.4) is 0 Å². The number of thiazole rings is 1. The van der Waals surface area contributed by atoms with Crippen molar-refractivity contribution in [3.63, 3.8) is 0 Å². The summed E-state index contributed by atoms with van der Waals surface area (Å²) < 4.78 is 2.24. The summed E-state index contributed by atoms with van der Waals surface area (Å²) in [7, 11) is 0. The molecule has 5 heteroatoms. The van der Waals surface area contributed by atoms with Crippen molar-refractivity contribution in [1.82, 2.24) is 9.38 Å².